The van der Waals surface area contributed by atoms with Crippen molar-refractivity contribution in [3.05, 3.63) is 73.4 Å². The number of thiophene rings is 1. The summed E-state index contributed by atoms with van der Waals surface area (Å²) in [6.45, 7) is 3.74. The summed E-state index contributed by atoms with van der Waals surface area (Å²) in [4.78, 5) is 28.2. The molecule has 0 bridgehead atoms. The number of halogens is 1. The van der Waals surface area contributed by atoms with Crippen LogP contribution in [0.25, 0.3) is 16.3 Å². The number of benzene rings is 1. The molecule has 2 aromatic heterocycles. The highest BCUT2D eigenvalue weighted by molar-refractivity contribution is 7.16. The van der Waals surface area contributed by atoms with Crippen LogP contribution in [0.3, 0.4) is 0 Å². The predicted molar refractivity (Wildman–Crippen MR) is 96.7 cm³/mol. The molecule has 0 saturated heterocycles. The second-order valence-electron chi connectivity index (χ2n) is 5.34. The number of hydrogen-bond donors (Lipinski definition) is 1. The van der Waals surface area contributed by atoms with E-state index in [1.807, 2.05) is 36.6 Å². The van der Waals surface area contributed by atoms with Crippen molar-refractivity contribution < 1.29 is 4.79 Å². The van der Waals surface area contributed by atoms with Gasteiger partial charge in [0.25, 0.3) is 5.56 Å². The van der Waals surface area contributed by atoms with Crippen molar-refractivity contribution in [3.8, 4) is 0 Å². The van der Waals surface area contributed by atoms with Gasteiger partial charge in [-0.2, -0.15) is 0 Å². The minimum absolute atomic E-state index is 0.176. The number of allylic oxidation sites excluding steroid dienone is 1. The Labute approximate surface area is 142 Å². The third kappa shape index (κ3) is 3.00. The molecule has 0 aliphatic rings. The van der Waals surface area contributed by atoms with E-state index in [0.29, 0.717) is 10.6 Å². The van der Waals surface area contributed by atoms with Gasteiger partial charge in [-0.15, -0.1) is 11.3 Å². The third-order valence-electron chi connectivity index (χ3n) is 3.71. The van der Waals surface area contributed by atoms with E-state index < -0.39 is 0 Å². The van der Waals surface area contributed by atoms with Gasteiger partial charge >= 0.3 is 0 Å². The normalized spacial score (nSPS) is 11.4. The Hall–Kier alpha value is -2.17. The Morgan fingerprint density at radius 1 is 1.26 bits per heavy atom. The van der Waals surface area contributed by atoms with Crippen LogP contribution < -0.4 is 5.56 Å². The van der Waals surface area contributed by atoms with E-state index in [1.165, 1.54) is 17.4 Å². The van der Waals surface area contributed by atoms with Crippen LogP contribution in [0.1, 0.15) is 27.0 Å². The summed E-state index contributed by atoms with van der Waals surface area (Å²) in [6.07, 6.45) is 3.03. The Kier molecular flexibility index (Phi) is 4.20. The zero-order valence-corrected chi connectivity index (χ0v) is 14.2. The van der Waals surface area contributed by atoms with E-state index in [1.54, 1.807) is 13.0 Å². The number of H-pyrrole nitrogens is 1. The van der Waals surface area contributed by atoms with Crippen molar-refractivity contribution in [1.82, 2.24) is 4.98 Å². The van der Waals surface area contributed by atoms with Gasteiger partial charge in [0, 0.05) is 10.4 Å². The first-order valence-corrected chi connectivity index (χ1v) is 8.32. The molecule has 0 aliphatic carbocycles. The number of hydrogen-bond acceptors (Lipinski definition) is 3. The fourth-order valence-electron chi connectivity index (χ4n) is 2.48. The van der Waals surface area contributed by atoms with Crippen LogP contribution >= 0.6 is 22.9 Å². The lowest BCUT2D eigenvalue weighted by molar-refractivity contribution is 0.104. The summed E-state index contributed by atoms with van der Waals surface area (Å²) in [5.41, 5.74) is 2.32. The minimum Gasteiger partial charge on any atom is -0.313 e. The van der Waals surface area contributed by atoms with Crippen LogP contribution in [0.2, 0.25) is 5.02 Å². The number of nitrogens with one attached hydrogen (secondary N) is 1. The highest BCUT2D eigenvalue weighted by Gasteiger charge is 2.15. The highest BCUT2D eigenvalue weighted by atomic mass is 35.5. The molecule has 2 heterocycles. The fourth-order valence-corrected chi connectivity index (χ4v) is 3.62. The van der Waals surface area contributed by atoms with Crippen molar-refractivity contribution in [2.45, 2.75) is 13.8 Å². The molecule has 116 valence electrons. The summed E-state index contributed by atoms with van der Waals surface area (Å²) >= 11 is 7.60. The number of aromatic amines is 1. The Morgan fingerprint density at radius 2 is 2.04 bits per heavy atom. The van der Waals surface area contributed by atoms with Gasteiger partial charge in [0.05, 0.1) is 5.56 Å². The molecule has 5 heteroatoms. The number of fused-ring (bicyclic) bond motifs is 1. The van der Waals surface area contributed by atoms with E-state index in [4.69, 9.17) is 11.6 Å². The smallest absolute Gasteiger partial charge is 0.260 e. The summed E-state index contributed by atoms with van der Waals surface area (Å²) in [7, 11) is 0. The first-order chi connectivity index (χ1) is 11.0. The molecular weight excluding hydrogens is 330 g/mol. The first kappa shape index (κ1) is 15.7. The van der Waals surface area contributed by atoms with Crippen LogP contribution in [-0.2, 0) is 0 Å². The molecule has 0 spiro atoms. The molecule has 0 atom stereocenters. The molecule has 1 N–H and O–H groups in total. The molecule has 3 nitrogen and oxygen atoms in total. The molecule has 3 rings (SSSR count). The Bertz CT molecular complexity index is 998. The molecule has 3 aromatic rings. The van der Waals surface area contributed by atoms with Gasteiger partial charge in [-0.1, -0.05) is 23.7 Å². The second-order valence-corrected chi connectivity index (χ2v) is 6.66. The topological polar surface area (TPSA) is 49.9 Å². The molecule has 0 amide bonds. The monoisotopic (exact) mass is 343 g/mol. The Balaban J connectivity index is 2.00. The van der Waals surface area contributed by atoms with Crippen LogP contribution in [0.5, 0.6) is 0 Å². The highest BCUT2D eigenvalue weighted by Crippen LogP contribution is 2.23. The van der Waals surface area contributed by atoms with Crippen molar-refractivity contribution in [1.29, 1.82) is 0 Å². The van der Waals surface area contributed by atoms with Gasteiger partial charge < -0.3 is 4.98 Å². The van der Waals surface area contributed by atoms with E-state index in [2.05, 4.69) is 4.98 Å². The molecule has 1 aromatic carbocycles. The van der Waals surface area contributed by atoms with Crippen molar-refractivity contribution in [3.63, 3.8) is 0 Å². The van der Waals surface area contributed by atoms with Gasteiger partial charge in [-0.3, -0.25) is 9.59 Å². The average molecular weight is 344 g/mol. The maximum atomic E-state index is 12.5. The Morgan fingerprint density at radius 3 is 2.78 bits per heavy atom. The first-order valence-electron chi connectivity index (χ1n) is 7.06. The summed E-state index contributed by atoms with van der Waals surface area (Å²) in [6, 6.07) is 7.51. The average Bonchev–Trinajstić information content (AvgIpc) is 2.94. The molecule has 0 aliphatic heterocycles. The summed E-state index contributed by atoms with van der Waals surface area (Å²) in [5, 5.41) is 3.37. The van der Waals surface area contributed by atoms with E-state index >= 15 is 0 Å². The van der Waals surface area contributed by atoms with Gasteiger partial charge in [-0.25, -0.2) is 0 Å². The van der Waals surface area contributed by atoms with Crippen LogP contribution in [0.15, 0.2) is 40.5 Å². The number of carbonyl (C=O) groups excluding carboxylic acids is 1. The fraction of sp³-hybridized carbons (Fsp3) is 0.111. The summed E-state index contributed by atoms with van der Waals surface area (Å²) in [5.74, 6) is -0.325. The number of ketones is 1. The van der Waals surface area contributed by atoms with E-state index in [0.717, 1.165) is 21.3 Å². The summed E-state index contributed by atoms with van der Waals surface area (Å²) < 4.78 is 0. The quantitative estimate of drug-likeness (QED) is 0.550. The molecule has 23 heavy (non-hydrogen) atoms. The molecule has 0 unspecified atom stereocenters. The maximum absolute atomic E-state index is 12.5. The predicted octanol–water partition coefficient (Wildman–Crippen LogP) is 4.76. The number of aromatic nitrogens is 1. The minimum atomic E-state index is -0.359. The molecule has 0 radical (unpaired) electrons. The van der Waals surface area contributed by atoms with Gasteiger partial charge in [0.2, 0.25) is 0 Å². The standard InChI is InChI=1S/C18H14ClNO2S/c1-10-3-4-12(14(19)9-10)5-6-15(21)16-11(2)13-7-8-23-18(13)20-17(16)22/h3-9H,1-2H3,(H,20,22)/b6-5+. The van der Waals surface area contributed by atoms with Gasteiger partial charge in [-0.05, 0) is 60.2 Å². The van der Waals surface area contributed by atoms with Gasteiger partial charge in [0.15, 0.2) is 5.78 Å². The number of rotatable bonds is 3. The maximum Gasteiger partial charge on any atom is 0.260 e. The SMILES string of the molecule is Cc1ccc(/C=C/C(=O)c2c(C)c3ccsc3[nH]c2=O)c(Cl)c1. The zero-order valence-electron chi connectivity index (χ0n) is 12.6. The van der Waals surface area contributed by atoms with E-state index in [-0.39, 0.29) is 16.9 Å². The van der Waals surface area contributed by atoms with Crippen molar-refractivity contribution >= 4 is 45.0 Å². The second kappa shape index (κ2) is 6.14. The molecule has 0 saturated carbocycles. The zero-order chi connectivity index (χ0) is 16.6. The largest absolute Gasteiger partial charge is 0.313 e. The number of carbonyl (C=O) groups is 1. The lowest BCUT2D eigenvalue weighted by Gasteiger charge is -2.03. The lowest BCUT2D eigenvalue weighted by atomic mass is 10.0. The third-order valence-corrected chi connectivity index (χ3v) is 4.87. The van der Waals surface area contributed by atoms with E-state index in [9.17, 15) is 9.59 Å². The molecular formula is C18H14ClNO2S. The van der Waals surface area contributed by atoms with Crippen LogP contribution in [0, 0.1) is 13.8 Å². The number of aryl methyl sites for hydroxylation is 2. The molecule has 0 fully saturated rings. The van der Waals surface area contributed by atoms with Crippen molar-refractivity contribution in [2.24, 2.45) is 0 Å². The number of pyridine rings is 1. The van der Waals surface area contributed by atoms with Crippen LogP contribution in [0.4, 0.5) is 0 Å². The lowest BCUT2D eigenvalue weighted by Crippen LogP contribution is -2.18. The van der Waals surface area contributed by atoms with Crippen molar-refractivity contribution in [2.75, 3.05) is 0 Å². The van der Waals surface area contributed by atoms with Crippen LogP contribution in [-0.4, -0.2) is 10.8 Å². The van der Waals surface area contributed by atoms with Gasteiger partial charge in [0.1, 0.15) is 4.83 Å².